The van der Waals surface area contributed by atoms with Crippen LogP contribution in [0.15, 0.2) is 66.9 Å². The van der Waals surface area contributed by atoms with Crippen LogP contribution in [0.4, 0.5) is 13.2 Å². The van der Waals surface area contributed by atoms with Crippen LogP contribution >= 0.6 is 0 Å². The second-order valence-corrected chi connectivity index (χ2v) is 7.70. The molecule has 0 aliphatic carbocycles. The van der Waals surface area contributed by atoms with Crippen molar-refractivity contribution in [3.8, 4) is 17.3 Å². The van der Waals surface area contributed by atoms with Gasteiger partial charge in [-0.2, -0.15) is 23.5 Å². The molecule has 1 amide bonds. The van der Waals surface area contributed by atoms with E-state index in [9.17, 15) is 18.0 Å². The summed E-state index contributed by atoms with van der Waals surface area (Å²) in [5.74, 6) is -0.776. The molecule has 0 saturated carbocycles. The van der Waals surface area contributed by atoms with Gasteiger partial charge in [0.25, 0.3) is 5.91 Å². The number of nitriles is 1. The summed E-state index contributed by atoms with van der Waals surface area (Å²) in [7, 11) is 0. The van der Waals surface area contributed by atoms with E-state index in [0.29, 0.717) is 34.4 Å². The minimum atomic E-state index is -4.59. The lowest BCUT2D eigenvalue weighted by molar-refractivity contribution is -0.141. The second kappa shape index (κ2) is 9.35. The second-order valence-electron chi connectivity index (χ2n) is 7.70. The van der Waals surface area contributed by atoms with Crippen LogP contribution in [0, 0.1) is 11.3 Å². The summed E-state index contributed by atoms with van der Waals surface area (Å²) < 4.78 is 42.0. The highest BCUT2D eigenvalue weighted by Gasteiger charge is 2.34. The predicted molar refractivity (Wildman–Crippen MR) is 121 cm³/mol. The van der Waals surface area contributed by atoms with Crippen LogP contribution in [0.2, 0.25) is 0 Å². The van der Waals surface area contributed by atoms with E-state index in [0.717, 1.165) is 10.5 Å². The minimum absolute atomic E-state index is 0.0986. The van der Waals surface area contributed by atoms with Gasteiger partial charge < -0.3 is 4.90 Å². The summed E-state index contributed by atoms with van der Waals surface area (Å²) in [5, 5.41) is 13.6. The Hall–Kier alpha value is -4.19. The third-order valence-corrected chi connectivity index (χ3v) is 5.32. The first kappa shape index (κ1) is 23.0. The topological polar surface area (TPSA) is 74.8 Å². The molecule has 0 N–H and O–H groups in total. The summed E-state index contributed by atoms with van der Waals surface area (Å²) in [5.41, 5.74) is 2.59. The first-order valence-corrected chi connectivity index (χ1v) is 10.6. The highest BCUT2D eigenvalue weighted by Crippen LogP contribution is 2.28. The largest absolute Gasteiger partial charge is 0.406 e. The molecule has 0 radical (unpaired) electrons. The summed E-state index contributed by atoms with van der Waals surface area (Å²) in [6, 6.07) is 18.7. The third kappa shape index (κ3) is 4.91. The van der Waals surface area contributed by atoms with E-state index in [1.54, 1.807) is 16.8 Å². The van der Waals surface area contributed by atoms with E-state index >= 15 is 0 Å². The standard InChI is InChI=1S/C25H20F3N5O/c1-2-33-23-21(14-30-33)20(12-22(31-23)19-6-4-3-5-7-19)24(34)32(16-25(26,27)28)15-18-10-8-17(13-29)9-11-18/h3-12,14H,2,15-16H2,1H3. The number of carbonyl (C=O) groups excluding carboxylic acids is 1. The fourth-order valence-electron chi connectivity index (χ4n) is 3.70. The Labute approximate surface area is 193 Å². The van der Waals surface area contributed by atoms with Gasteiger partial charge in [0, 0.05) is 18.7 Å². The number of aromatic nitrogens is 3. The molecule has 2 aromatic heterocycles. The smallest absolute Gasteiger partial charge is 0.325 e. The number of carbonyl (C=O) groups is 1. The number of hydrogen-bond donors (Lipinski definition) is 0. The number of amides is 1. The van der Waals surface area contributed by atoms with Gasteiger partial charge in [-0.1, -0.05) is 42.5 Å². The van der Waals surface area contributed by atoms with Crippen LogP contribution in [0.1, 0.15) is 28.4 Å². The first-order chi connectivity index (χ1) is 16.3. The highest BCUT2D eigenvalue weighted by atomic mass is 19.4. The zero-order valence-electron chi connectivity index (χ0n) is 18.3. The molecule has 0 spiro atoms. The van der Waals surface area contributed by atoms with E-state index in [4.69, 9.17) is 5.26 Å². The fourth-order valence-corrected chi connectivity index (χ4v) is 3.70. The number of rotatable bonds is 6. The minimum Gasteiger partial charge on any atom is -0.325 e. The predicted octanol–water partition coefficient (Wildman–Crippen LogP) is 5.19. The Kier molecular flexibility index (Phi) is 6.32. The Morgan fingerprint density at radius 1 is 1.12 bits per heavy atom. The summed E-state index contributed by atoms with van der Waals surface area (Å²) in [6.45, 7) is 0.667. The maximum atomic E-state index is 13.6. The first-order valence-electron chi connectivity index (χ1n) is 10.6. The molecule has 0 bridgehead atoms. The van der Waals surface area contributed by atoms with E-state index in [2.05, 4.69) is 10.1 Å². The van der Waals surface area contributed by atoms with Crippen LogP contribution < -0.4 is 0 Å². The van der Waals surface area contributed by atoms with Gasteiger partial charge in [0.05, 0.1) is 34.5 Å². The van der Waals surface area contributed by atoms with Gasteiger partial charge in [-0.25, -0.2) is 9.67 Å². The fraction of sp³-hybridized carbons (Fsp3) is 0.200. The van der Waals surface area contributed by atoms with Crippen molar-refractivity contribution in [2.24, 2.45) is 0 Å². The summed E-state index contributed by atoms with van der Waals surface area (Å²) in [4.78, 5) is 18.9. The molecule has 0 unspecified atom stereocenters. The van der Waals surface area contributed by atoms with E-state index in [-0.39, 0.29) is 12.1 Å². The van der Waals surface area contributed by atoms with Crippen molar-refractivity contribution >= 4 is 16.9 Å². The van der Waals surface area contributed by atoms with Gasteiger partial charge >= 0.3 is 6.18 Å². The molecular weight excluding hydrogens is 443 g/mol. The van der Waals surface area contributed by atoms with E-state index in [1.807, 2.05) is 43.3 Å². The molecule has 4 aromatic rings. The average molecular weight is 463 g/mol. The Balaban J connectivity index is 1.81. The van der Waals surface area contributed by atoms with Gasteiger partial charge in [0.15, 0.2) is 5.65 Å². The van der Waals surface area contributed by atoms with Crippen molar-refractivity contribution in [2.75, 3.05) is 6.54 Å². The Bertz CT molecular complexity index is 1360. The number of pyridine rings is 1. The summed E-state index contributed by atoms with van der Waals surface area (Å²) in [6.07, 6.45) is -3.13. The number of fused-ring (bicyclic) bond motifs is 1. The van der Waals surface area contributed by atoms with Crippen molar-refractivity contribution in [3.05, 3.63) is 83.6 Å². The number of benzene rings is 2. The van der Waals surface area contributed by atoms with Crippen molar-refractivity contribution in [1.82, 2.24) is 19.7 Å². The molecule has 2 aromatic carbocycles. The lowest BCUT2D eigenvalue weighted by atomic mass is 10.1. The Morgan fingerprint density at radius 3 is 2.44 bits per heavy atom. The lowest BCUT2D eigenvalue weighted by Gasteiger charge is -2.25. The quantitative estimate of drug-likeness (QED) is 0.394. The lowest BCUT2D eigenvalue weighted by Crippen LogP contribution is -2.38. The van der Waals surface area contributed by atoms with Crippen LogP contribution in [-0.4, -0.2) is 38.3 Å². The maximum Gasteiger partial charge on any atom is 0.406 e. The number of hydrogen-bond acceptors (Lipinski definition) is 4. The number of aryl methyl sites for hydroxylation is 1. The normalized spacial score (nSPS) is 11.4. The number of alkyl halides is 3. The van der Waals surface area contributed by atoms with Gasteiger partial charge in [-0.15, -0.1) is 0 Å². The molecule has 6 nitrogen and oxygen atoms in total. The molecular formula is C25H20F3N5O. The van der Waals surface area contributed by atoms with Gasteiger partial charge in [-0.05, 0) is 30.7 Å². The van der Waals surface area contributed by atoms with E-state index in [1.165, 1.54) is 24.4 Å². The number of halogens is 3. The van der Waals surface area contributed by atoms with Gasteiger partial charge in [0.2, 0.25) is 0 Å². The highest BCUT2D eigenvalue weighted by molar-refractivity contribution is 6.06. The van der Waals surface area contributed by atoms with Crippen LogP contribution in [0.25, 0.3) is 22.3 Å². The van der Waals surface area contributed by atoms with Crippen molar-refractivity contribution in [2.45, 2.75) is 26.2 Å². The summed E-state index contributed by atoms with van der Waals surface area (Å²) >= 11 is 0. The average Bonchev–Trinajstić information content (AvgIpc) is 3.26. The van der Waals surface area contributed by atoms with Crippen LogP contribution in [0.3, 0.4) is 0 Å². The molecule has 9 heteroatoms. The molecule has 0 fully saturated rings. The zero-order valence-corrected chi connectivity index (χ0v) is 18.3. The maximum absolute atomic E-state index is 13.6. The van der Waals surface area contributed by atoms with Gasteiger partial charge in [0.1, 0.15) is 6.54 Å². The van der Waals surface area contributed by atoms with Crippen molar-refractivity contribution in [3.63, 3.8) is 0 Å². The molecule has 0 aliphatic rings. The van der Waals surface area contributed by atoms with Gasteiger partial charge in [-0.3, -0.25) is 4.79 Å². The zero-order chi connectivity index (χ0) is 24.3. The number of nitrogens with zero attached hydrogens (tertiary/aromatic N) is 5. The molecule has 0 saturated heterocycles. The van der Waals surface area contributed by atoms with Crippen molar-refractivity contribution < 1.29 is 18.0 Å². The van der Waals surface area contributed by atoms with E-state index < -0.39 is 18.6 Å². The molecule has 2 heterocycles. The molecule has 0 aliphatic heterocycles. The molecule has 172 valence electrons. The van der Waals surface area contributed by atoms with Crippen LogP contribution in [0.5, 0.6) is 0 Å². The SMILES string of the molecule is CCn1ncc2c(C(=O)N(Cc3ccc(C#N)cc3)CC(F)(F)F)cc(-c3ccccc3)nc21. The molecule has 34 heavy (non-hydrogen) atoms. The third-order valence-electron chi connectivity index (χ3n) is 5.32. The molecule has 0 atom stereocenters. The van der Waals surface area contributed by atoms with Crippen LogP contribution in [-0.2, 0) is 13.1 Å². The monoisotopic (exact) mass is 463 g/mol. The van der Waals surface area contributed by atoms with Crippen molar-refractivity contribution in [1.29, 1.82) is 5.26 Å². The molecule has 4 rings (SSSR count). The Morgan fingerprint density at radius 2 is 1.82 bits per heavy atom.